The third-order valence-electron chi connectivity index (χ3n) is 6.58. The molecule has 0 aliphatic rings. The minimum Gasteiger partial charge on any atom is -0.361 e. The van der Waals surface area contributed by atoms with E-state index in [-0.39, 0.29) is 42.5 Å². The predicted octanol–water partition coefficient (Wildman–Crippen LogP) is 3.45. The van der Waals surface area contributed by atoms with Crippen LogP contribution in [0.2, 0.25) is 0 Å². The summed E-state index contributed by atoms with van der Waals surface area (Å²) < 4.78 is 43.0. The average molecular weight is 586 g/mol. The Labute approximate surface area is 243 Å². The lowest BCUT2D eigenvalue weighted by atomic mass is 9.99. The summed E-state index contributed by atoms with van der Waals surface area (Å²) in [6.07, 6.45) is -1.24. The molecule has 0 radical (unpaired) electrons. The zero-order valence-electron chi connectivity index (χ0n) is 23.1. The molecule has 0 bridgehead atoms. The molecule has 0 fully saturated rings. The SMILES string of the molecule is CN(C)CCNC(=S)N(Cc1ccccc1C(F)(F)F)C[C@H](CN)C(=O)Cc1cncn1Cc1ccc(C#N)cc1. The molecule has 0 saturated carbocycles. The van der Waals surface area contributed by atoms with Crippen molar-refractivity contribution in [2.24, 2.45) is 11.7 Å². The molecule has 218 valence electrons. The predicted molar refractivity (Wildman–Crippen MR) is 155 cm³/mol. The molecular formula is C29H34F3N7OS. The average Bonchev–Trinajstić information content (AvgIpc) is 3.36. The van der Waals surface area contributed by atoms with Crippen LogP contribution >= 0.6 is 12.2 Å². The zero-order valence-corrected chi connectivity index (χ0v) is 23.9. The van der Waals surface area contributed by atoms with Crippen molar-refractivity contribution in [3.8, 4) is 6.07 Å². The third-order valence-corrected chi connectivity index (χ3v) is 6.98. The van der Waals surface area contributed by atoms with Crippen molar-refractivity contribution in [2.75, 3.05) is 40.3 Å². The van der Waals surface area contributed by atoms with Crippen molar-refractivity contribution in [2.45, 2.75) is 25.7 Å². The van der Waals surface area contributed by atoms with Gasteiger partial charge in [0.25, 0.3) is 0 Å². The molecule has 0 unspecified atom stereocenters. The minimum atomic E-state index is -4.53. The number of hydrogen-bond acceptors (Lipinski definition) is 6. The van der Waals surface area contributed by atoms with Crippen molar-refractivity contribution in [3.05, 3.63) is 89.0 Å². The van der Waals surface area contributed by atoms with Crippen molar-refractivity contribution in [1.82, 2.24) is 24.7 Å². The van der Waals surface area contributed by atoms with Crippen LogP contribution in [0.4, 0.5) is 13.2 Å². The maximum absolute atomic E-state index is 13.7. The number of rotatable bonds is 13. The number of nitrogens with zero attached hydrogens (tertiary/aromatic N) is 5. The van der Waals surface area contributed by atoms with Gasteiger partial charge in [-0.1, -0.05) is 30.3 Å². The first-order valence-corrected chi connectivity index (χ1v) is 13.5. The monoisotopic (exact) mass is 585 g/mol. The van der Waals surface area contributed by atoms with Gasteiger partial charge in [-0.3, -0.25) is 4.79 Å². The van der Waals surface area contributed by atoms with Gasteiger partial charge in [0.1, 0.15) is 5.78 Å². The third kappa shape index (κ3) is 9.38. The maximum atomic E-state index is 13.7. The van der Waals surface area contributed by atoms with E-state index in [4.69, 9.17) is 23.2 Å². The first kappa shape index (κ1) is 31.7. The molecule has 0 aliphatic heterocycles. The van der Waals surface area contributed by atoms with Gasteiger partial charge in [0.05, 0.1) is 23.5 Å². The molecule has 0 saturated heterocycles. The summed E-state index contributed by atoms with van der Waals surface area (Å²) in [5, 5.41) is 12.4. The highest BCUT2D eigenvalue weighted by molar-refractivity contribution is 7.80. The van der Waals surface area contributed by atoms with Gasteiger partial charge in [0.15, 0.2) is 5.11 Å². The summed E-state index contributed by atoms with van der Waals surface area (Å²) in [4.78, 5) is 21.2. The van der Waals surface area contributed by atoms with Gasteiger partial charge in [-0.05, 0) is 55.6 Å². The van der Waals surface area contributed by atoms with Gasteiger partial charge in [0.2, 0.25) is 0 Å². The minimum absolute atomic E-state index is 0.000319. The largest absolute Gasteiger partial charge is 0.416 e. The second-order valence-electron chi connectivity index (χ2n) is 9.97. The van der Waals surface area contributed by atoms with Crippen LogP contribution < -0.4 is 11.1 Å². The van der Waals surface area contributed by atoms with Gasteiger partial charge < -0.3 is 25.4 Å². The highest BCUT2D eigenvalue weighted by atomic mass is 32.1. The lowest BCUT2D eigenvalue weighted by Crippen LogP contribution is -2.46. The van der Waals surface area contributed by atoms with Crippen molar-refractivity contribution < 1.29 is 18.0 Å². The Hall–Kier alpha value is -3.79. The number of imidazole rings is 1. The smallest absolute Gasteiger partial charge is 0.361 e. The number of nitrogens with two attached hydrogens (primary N) is 1. The van der Waals surface area contributed by atoms with Crippen LogP contribution in [-0.4, -0.2) is 70.5 Å². The Bertz CT molecular complexity index is 1350. The lowest BCUT2D eigenvalue weighted by Gasteiger charge is -2.30. The fourth-order valence-electron chi connectivity index (χ4n) is 4.27. The highest BCUT2D eigenvalue weighted by Gasteiger charge is 2.34. The van der Waals surface area contributed by atoms with Gasteiger partial charge in [-0.15, -0.1) is 0 Å². The van der Waals surface area contributed by atoms with Gasteiger partial charge in [0, 0.05) is 63.5 Å². The van der Waals surface area contributed by atoms with Crippen LogP contribution in [-0.2, 0) is 30.5 Å². The Morgan fingerprint density at radius 2 is 1.90 bits per heavy atom. The van der Waals surface area contributed by atoms with E-state index in [1.165, 1.54) is 12.1 Å². The summed E-state index contributed by atoms with van der Waals surface area (Å²) in [7, 11) is 3.80. The number of likely N-dealkylation sites (N-methyl/N-ethyl adjacent to an activating group) is 1. The number of ketones is 1. The summed E-state index contributed by atoms with van der Waals surface area (Å²) >= 11 is 5.57. The lowest BCUT2D eigenvalue weighted by molar-refractivity contribution is -0.138. The first-order valence-electron chi connectivity index (χ1n) is 13.0. The van der Waals surface area contributed by atoms with Crippen LogP contribution in [0.5, 0.6) is 0 Å². The van der Waals surface area contributed by atoms with E-state index < -0.39 is 17.7 Å². The molecule has 0 amide bonds. The van der Waals surface area contributed by atoms with E-state index >= 15 is 0 Å². The molecule has 8 nitrogen and oxygen atoms in total. The van der Waals surface area contributed by atoms with Crippen LogP contribution in [0, 0.1) is 17.2 Å². The molecule has 0 spiro atoms. The number of Topliss-reactive ketones (excluding diaryl/α,β-unsaturated/α-hetero) is 1. The van der Waals surface area contributed by atoms with E-state index in [0.717, 1.165) is 11.6 Å². The molecule has 3 N–H and O–H groups in total. The normalized spacial score (nSPS) is 12.1. The molecule has 3 rings (SSSR count). The standard InChI is InChI=1S/C29H34F3N7OS/c1-37(2)12-11-36-28(41)38(18-23-5-3-4-6-26(23)29(30,31)32)19-24(15-34)27(40)13-25-16-35-20-39(25)17-22-9-7-21(14-33)8-10-22/h3-10,16,20,24H,11-13,15,17-19,34H2,1-2H3,(H,36,41)/t24-/m0/s1. The summed E-state index contributed by atoms with van der Waals surface area (Å²) in [5.41, 5.74) is 7.51. The number of aromatic nitrogens is 2. The Morgan fingerprint density at radius 3 is 2.54 bits per heavy atom. The molecule has 2 aromatic carbocycles. The van der Waals surface area contributed by atoms with E-state index in [1.807, 2.05) is 35.7 Å². The Kier molecular flexibility index (Phi) is 11.4. The molecule has 12 heteroatoms. The number of halogens is 3. The van der Waals surface area contributed by atoms with Gasteiger partial charge >= 0.3 is 6.18 Å². The highest BCUT2D eigenvalue weighted by Crippen LogP contribution is 2.32. The van der Waals surface area contributed by atoms with Crippen molar-refractivity contribution >= 4 is 23.1 Å². The second kappa shape index (κ2) is 14.7. The number of hydrogen-bond donors (Lipinski definition) is 2. The van der Waals surface area contributed by atoms with Crippen LogP contribution in [0.1, 0.15) is 27.9 Å². The molecule has 1 aromatic heterocycles. The number of nitrogens with one attached hydrogen (secondary N) is 1. The summed E-state index contributed by atoms with van der Waals surface area (Å²) in [6.45, 7) is 1.53. The summed E-state index contributed by atoms with van der Waals surface area (Å²) in [6, 6.07) is 14.6. The Balaban J connectivity index is 1.77. The second-order valence-corrected chi connectivity index (χ2v) is 10.4. The Morgan fingerprint density at radius 1 is 1.20 bits per heavy atom. The van der Waals surface area contributed by atoms with Crippen LogP contribution in [0.3, 0.4) is 0 Å². The van der Waals surface area contributed by atoms with Crippen molar-refractivity contribution in [1.29, 1.82) is 5.26 Å². The molecule has 41 heavy (non-hydrogen) atoms. The molecule has 3 aromatic rings. The number of nitriles is 1. The van der Waals surface area contributed by atoms with E-state index in [0.29, 0.717) is 30.9 Å². The number of carbonyl (C=O) groups is 1. The van der Waals surface area contributed by atoms with E-state index in [2.05, 4.69) is 16.4 Å². The van der Waals surface area contributed by atoms with Crippen LogP contribution in [0.15, 0.2) is 61.1 Å². The number of alkyl halides is 3. The van der Waals surface area contributed by atoms with Crippen molar-refractivity contribution in [3.63, 3.8) is 0 Å². The molecule has 1 heterocycles. The van der Waals surface area contributed by atoms with Gasteiger partial charge in [-0.2, -0.15) is 18.4 Å². The molecule has 0 aliphatic carbocycles. The van der Waals surface area contributed by atoms with E-state index in [1.54, 1.807) is 35.6 Å². The fraction of sp³-hybridized carbons (Fsp3) is 0.379. The number of carbonyl (C=O) groups excluding carboxylic acids is 1. The fourth-order valence-corrected chi connectivity index (χ4v) is 4.51. The molecular weight excluding hydrogens is 551 g/mol. The maximum Gasteiger partial charge on any atom is 0.416 e. The topological polar surface area (TPSA) is 103 Å². The van der Waals surface area contributed by atoms with E-state index in [9.17, 15) is 18.0 Å². The quantitative estimate of drug-likeness (QED) is 0.294. The molecule has 1 atom stereocenters. The van der Waals surface area contributed by atoms with Gasteiger partial charge in [-0.25, -0.2) is 4.98 Å². The zero-order chi connectivity index (χ0) is 30.0. The summed E-state index contributed by atoms with van der Waals surface area (Å²) in [5.74, 6) is -0.848. The number of thiocarbonyl (C=S) groups is 1. The van der Waals surface area contributed by atoms with Crippen LogP contribution in [0.25, 0.3) is 0 Å². The number of benzene rings is 2. The first-order chi connectivity index (χ1) is 19.5.